The molecular weight excluding hydrogens is 536 g/mol. The van der Waals surface area contributed by atoms with Gasteiger partial charge in [0, 0.05) is 31.3 Å². The number of ether oxygens (including phenoxy) is 3. The molecular formula is C29H39ClN4O6. The molecule has 4 rings (SSSR count). The molecule has 11 heteroatoms. The van der Waals surface area contributed by atoms with Gasteiger partial charge >= 0.3 is 0 Å². The van der Waals surface area contributed by atoms with E-state index >= 15 is 0 Å². The van der Waals surface area contributed by atoms with Crippen LogP contribution in [0.5, 0.6) is 17.2 Å². The van der Waals surface area contributed by atoms with Crippen LogP contribution in [0.25, 0.3) is 0 Å². The van der Waals surface area contributed by atoms with Gasteiger partial charge in [-0.1, -0.05) is 12.1 Å². The fourth-order valence-corrected chi connectivity index (χ4v) is 4.83. The second-order valence-corrected chi connectivity index (χ2v) is 10.1. The second-order valence-electron chi connectivity index (χ2n) is 10.1. The molecule has 2 atom stereocenters. The average molecular weight is 575 g/mol. The first-order valence-corrected chi connectivity index (χ1v) is 13.5. The third-order valence-corrected chi connectivity index (χ3v) is 6.68. The molecule has 4 bridgehead atoms. The van der Waals surface area contributed by atoms with Crippen LogP contribution < -0.4 is 20.1 Å². The van der Waals surface area contributed by atoms with Crippen molar-refractivity contribution >= 4 is 30.1 Å². The summed E-state index contributed by atoms with van der Waals surface area (Å²) in [6.07, 6.45) is 0.188. The van der Waals surface area contributed by atoms with Gasteiger partial charge in [0.1, 0.15) is 17.2 Å². The predicted octanol–water partition coefficient (Wildman–Crippen LogP) is 2.99. The first-order valence-electron chi connectivity index (χ1n) is 13.5. The zero-order valence-corrected chi connectivity index (χ0v) is 24.3. The fraction of sp³-hybridized carbons (Fsp3) is 0.483. The topological polar surface area (TPSA) is 109 Å². The molecule has 40 heavy (non-hydrogen) atoms. The summed E-state index contributed by atoms with van der Waals surface area (Å²) >= 11 is 0. The van der Waals surface area contributed by atoms with E-state index in [0.29, 0.717) is 55.5 Å². The summed E-state index contributed by atoms with van der Waals surface area (Å²) in [5.74, 6) is 0.908. The summed E-state index contributed by atoms with van der Waals surface area (Å²) in [5.41, 5.74) is 1.27. The van der Waals surface area contributed by atoms with Gasteiger partial charge in [-0.05, 0) is 64.1 Å². The summed E-state index contributed by atoms with van der Waals surface area (Å²) in [5, 5.41) is 5.93. The average Bonchev–Trinajstić information content (AvgIpc) is 2.90. The Balaban J connectivity index is 0.00000441. The summed E-state index contributed by atoms with van der Waals surface area (Å²) in [6.45, 7) is 7.25. The van der Waals surface area contributed by atoms with Crippen LogP contribution >= 0.6 is 12.4 Å². The van der Waals surface area contributed by atoms with Crippen molar-refractivity contribution in [2.24, 2.45) is 0 Å². The normalized spacial score (nSPS) is 19.7. The first kappa shape index (κ1) is 31.2. The van der Waals surface area contributed by atoms with E-state index < -0.39 is 6.04 Å². The summed E-state index contributed by atoms with van der Waals surface area (Å²) in [6, 6.07) is 12.2. The lowest BCUT2D eigenvalue weighted by Gasteiger charge is -2.39. The summed E-state index contributed by atoms with van der Waals surface area (Å²) in [4.78, 5) is 42.5. The van der Waals surface area contributed by atoms with E-state index in [0.717, 1.165) is 5.56 Å². The van der Waals surface area contributed by atoms with E-state index in [2.05, 4.69) is 10.6 Å². The van der Waals surface area contributed by atoms with Gasteiger partial charge in [-0.25, -0.2) is 0 Å². The van der Waals surface area contributed by atoms with Crippen molar-refractivity contribution in [2.45, 2.75) is 52.0 Å². The van der Waals surface area contributed by atoms with Crippen LogP contribution in [0.2, 0.25) is 0 Å². The van der Waals surface area contributed by atoms with Gasteiger partial charge in [0.15, 0.2) is 0 Å². The fourth-order valence-electron chi connectivity index (χ4n) is 4.83. The van der Waals surface area contributed by atoms with E-state index in [4.69, 9.17) is 14.2 Å². The maximum absolute atomic E-state index is 13.5. The highest BCUT2D eigenvalue weighted by atomic mass is 35.5. The van der Waals surface area contributed by atoms with Crippen molar-refractivity contribution < 1.29 is 28.6 Å². The van der Waals surface area contributed by atoms with E-state index in [-0.39, 0.29) is 55.4 Å². The molecule has 0 unspecified atom stereocenters. The Labute approximate surface area is 241 Å². The second kappa shape index (κ2) is 14.3. The van der Waals surface area contributed by atoms with Gasteiger partial charge < -0.3 is 34.6 Å². The molecule has 2 N–H and O–H groups in total. The van der Waals surface area contributed by atoms with Crippen LogP contribution in [0.15, 0.2) is 42.5 Å². The van der Waals surface area contributed by atoms with Gasteiger partial charge in [0.25, 0.3) is 5.91 Å². The number of nitrogens with one attached hydrogen (secondary N) is 2. The molecule has 218 valence electrons. The Bertz CT molecular complexity index is 1190. The molecule has 2 aromatic carbocycles. The quantitative estimate of drug-likeness (QED) is 0.565. The van der Waals surface area contributed by atoms with Crippen molar-refractivity contribution in [3.63, 3.8) is 0 Å². The Hall–Kier alpha value is -3.34. The molecule has 10 nitrogen and oxygen atoms in total. The van der Waals surface area contributed by atoms with E-state index in [1.165, 1.54) is 4.90 Å². The van der Waals surface area contributed by atoms with Crippen LogP contribution in [0.1, 0.15) is 43.1 Å². The Morgan fingerprint density at radius 1 is 1.18 bits per heavy atom. The number of hydrogen-bond acceptors (Lipinski definition) is 7. The minimum Gasteiger partial charge on any atom is -0.491 e. The van der Waals surface area contributed by atoms with Crippen molar-refractivity contribution in [1.29, 1.82) is 0 Å². The standard InChI is InChI=1S/C29H38N4O6.ClH/c1-5-32-17-27(34)31-25-16-33(28(35)15-30-4)10-9-26(25)37-18-20-7-6-8-22(11-20)39-24-13-21(29(32)36)12-23(14-24)38-19(2)3;/h6-8,11-14,19,25-26,30H,5,9-10,15-18H2,1-4H3,(H,31,34);1H/t25-,26-;/m0./s1. The van der Waals surface area contributed by atoms with Crippen molar-refractivity contribution in [1.82, 2.24) is 20.4 Å². The lowest BCUT2D eigenvalue weighted by molar-refractivity contribution is -0.136. The molecule has 1 saturated heterocycles. The lowest BCUT2D eigenvalue weighted by Crippen LogP contribution is -2.59. The zero-order valence-electron chi connectivity index (χ0n) is 23.5. The third-order valence-electron chi connectivity index (χ3n) is 6.68. The van der Waals surface area contributed by atoms with E-state index in [9.17, 15) is 14.4 Å². The predicted molar refractivity (Wildman–Crippen MR) is 153 cm³/mol. The van der Waals surface area contributed by atoms with Crippen molar-refractivity contribution in [3.8, 4) is 17.2 Å². The molecule has 0 aromatic heterocycles. The number of hydrogen-bond donors (Lipinski definition) is 2. The molecule has 3 amide bonds. The number of likely N-dealkylation sites (N-methyl/N-ethyl adjacent to an activating group) is 2. The Morgan fingerprint density at radius 2 is 1.98 bits per heavy atom. The molecule has 1 fully saturated rings. The highest BCUT2D eigenvalue weighted by Crippen LogP contribution is 2.30. The molecule has 0 aliphatic carbocycles. The number of benzene rings is 2. The number of nitrogens with zero attached hydrogens (tertiary/aromatic N) is 2. The molecule has 2 aliphatic rings. The number of fused-ring (bicyclic) bond motifs is 5. The number of piperidine rings is 1. The maximum atomic E-state index is 13.5. The van der Waals surface area contributed by atoms with Crippen LogP contribution in [-0.4, -0.2) is 85.5 Å². The van der Waals surface area contributed by atoms with Gasteiger partial charge in [-0.3, -0.25) is 14.4 Å². The largest absolute Gasteiger partial charge is 0.491 e. The smallest absolute Gasteiger partial charge is 0.254 e. The van der Waals surface area contributed by atoms with Crippen LogP contribution in [0.3, 0.4) is 0 Å². The first-order chi connectivity index (χ1) is 18.7. The highest BCUT2D eigenvalue weighted by Gasteiger charge is 2.33. The van der Waals surface area contributed by atoms with Gasteiger partial charge in [0.2, 0.25) is 11.8 Å². The molecule has 2 heterocycles. The zero-order chi connectivity index (χ0) is 27.9. The Kier molecular flexibility index (Phi) is 11.2. The van der Waals surface area contributed by atoms with Crippen LogP contribution in [-0.2, 0) is 20.9 Å². The monoisotopic (exact) mass is 574 g/mol. The third kappa shape index (κ3) is 8.09. The number of rotatable bonds is 5. The number of carbonyl (C=O) groups is 3. The van der Waals surface area contributed by atoms with Crippen molar-refractivity contribution in [3.05, 3.63) is 53.6 Å². The number of amides is 3. The minimum absolute atomic E-state index is 0. The minimum atomic E-state index is -0.414. The Morgan fingerprint density at radius 3 is 2.70 bits per heavy atom. The van der Waals surface area contributed by atoms with E-state index in [1.54, 1.807) is 30.1 Å². The van der Waals surface area contributed by atoms with E-state index in [1.807, 2.05) is 45.0 Å². The number of carbonyl (C=O) groups excluding carboxylic acids is 3. The van der Waals surface area contributed by atoms with Crippen molar-refractivity contribution in [2.75, 3.05) is 39.8 Å². The molecule has 0 radical (unpaired) electrons. The summed E-state index contributed by atoms with van der Waals surface area (Å²) in [7, 11) is 1.73. The number of halogens is 1. The van der Waals surface area contributed by atoms with Gasteiger partial charge in [-0.15, -0.1) is 12.4 Å². The molecule has 2 aromatic rings. The maximum Gasteiger partial charge on any atom is 0.254 e. The molecule has 2 aliphatic heterocycles. The van der Waals surface area contributed by atoms with Gasteiger partial charge in [0.05, 0.1) is 37.9 Å². The van der Waals surface area contributed by atoms with Crippen LogP contribution in [0.4, 0.5) is 0 Å². The highest BCUT2D eigenvalue weighted by molar-refractivity contribution is 5.97. The van der Waals surface area contributed by atoms with Gasteiger partial charge in [-0.2, -0.15) is 0 Å². The SMILES string of the molecule is CCN1CC(=O)N[C@H]2CN(C(=O)CNC)CC[C@@H]2OCc2cccc(c2)Oc2cc(OC(C)C)cc(c2)C1=O.Cl. The molecule has 0 spiro atoms. The van der Waals surface area contributed by atoms with Crippen LogP contribution in [0, 0.1) is 0 Å². The molecule has 0 saturated carbocycles. The lowest BCUT2D eigenvalue weighted by atomic mass is 10.0. The summed E-state index contributed by atoms with van der Waals surface area (Å²) < 4.78 is 18.3. The number of likely N-dealkylation sites (tertiary alicyclic amines) is 1.